The van der Waals surface area contributed by atoms with E-state index in [2.05, 4.69) is 10.0 Å². The van der Waals surface area contributed by atoms with Crippen molar-refractivity contribution in [2.45, 2.75) is 11.4 Å². The lowest BCUT2D eigenvalue weighted by atomic mass is 10.1. The highest BCUT2D eigenvalue weighted by Crippen LogP contribution is 2.25. The lowest BCUT2D eigenvalue weighted by Gasteiger charge is -2.13. The smallest absolute Gasteiger partial charge is 0.263 e. The number of rotatable bonds is 6. The third-order valence-corrected chi connectivity index (χ3v) is 5.41. The Kier molecular flexibility index (Phi) is 5.29. The number of benzene rings is 2. The molecule has 3 rings (SSSR count). The summed E-state index contributed by atoms with van der Waals surface area (Å²) in [5.74, 6) is 0.159. The van der Waals surface area contributed by atoms with Gasteiger partial charge in [0.05, 0.1) is 29.1 Å². The molecule has 0 unspecified atom stereocenters. The summed E-state index contributed by atoms with van der Waals surface area (Å²) in [6.07, 6.45) is 1.51. The lowest BCUT2D eigenvalue weighted by Crippen LogP contribution is -2.24. The minimum absolute atomic E-state index is 0.0625. The van der Waals surface area contributed by atoms with E-state index in [0.29, 0.717) is 5.76 Å². The van der Waals surface area contributed by atoms with Crippen LogP contribution in [0.4, 0.5) is 5.69 Å². The van der Waals surface area contributed by atoms with E-state index in [4.69, 9.17) is 16.0 Å². The van der Waals surface area contributed by atoms with Gasteiger partial charge in [-0.2, -0.15) is 0 Å². The second-order valence-corrected chi connectivity index (χ2v) is 7.40. The molecule has 26 heavy (non-hydrogen) atoms. The van der Waals surface area contributed by atoms with Crippen LogP contribution in [0.15, 0.2) is 76.2 Å². The number of para-hydroxylation sites is 1. The fraction of sp³-hybridized carbons (Fsp3) is 0.0556. The molecule has 0 radical (unpaired) electrons. The van der Waals surface area contributed by atoms with E-state index in [9.17, 15) is 13.2 Å². The highest BCUT2D eigenvalue weighted by Gasteiger charge is 2.20. The molecule has 0 atom stereocenters. The number of nitrogens with one attached hydrogen (secondary N) is 2. The van der Waals surface area contributed by atoms with E-state index >= 15 is 0 Å². The SMILES string of the molecule is O=C(NCc1ccco1)c1ccccc1NS(=O)(=O)c1ccccc1Cl. The number of halogens is 1. The molecular formula is C18H15ClN2O4S. The summed E-state index contributed by atoms with van der Waals surface area (Å²) in [5, 5.41) is 2.78. The molecule has 0 spiro atoms. The largest absolute Gasteiger partial charge is 0.467 e. The maximum atomic E-state index is 12.6. The number of amides is 1. The molecule has 0 fully saturated rings. The van der Waals surface area contributed by atoms with Crippen LogP contribution in [0.1, 0.15) is 16.1 Å². The maximum Gasteiger partial charge on any atom is 0.263 e. The van der Waals surface area contributed by atoms with Crippen molar-refractivity contribution in [3.8, 4) is 0 Å². The fourth-order valence-electron chi connectivity index (χ4n) is 2.31. The fourth-order valence-corrected chi connectivity index (χ4v) is 3.91. The number of carbonyl (C=O) groups excluding carboxylic acids is 1. The number of anilines is 1. The molecule has 1 amide bonds. The highest BCUT2D eigenvalue weighted by atomic mass is 35.5. The molecule has 2 N–H and O–H groups in total. The van der Waals surface area contributed by atoms with Gasteiger partial charge in [-0.3, -0.25) is 9.52 Å². The summed E-state index contributed by atoms with van der Waals surface area (Å²) < 4.78 is 32.8. The van der Waals surface area contributed by atoms with Gasteiger partial charge >= 0.3 is 0 Å². The average molecular weight is 391 g/mol. The molecule has 6 nitrogen and oxygen atoms in total. The van der Waals surface area contributed by atoms with Crippen LogP contribution in [0.25, 0.3) is 0 Å². The average Bonchev–Trinajstić information content (AvgIpc) is 3.13. The third-order valence-electron chi connectivity index (χ3n) is 3.55. The predicted molar refractivity (Wildman–Crippen MR) is 98.6 cm³/mol. The van der Waals surface area contributed by atoms with Gasteiger partial charge in [-0.05, 0) is 36.4 Å². The minimum Gasteiger partial charge on any atom is -0.467 e. The van der Waals surface area contributed by atoms with Crippen molar-refractivity contribution in [3.63, 3.8) is 0 Å². The van der Waals surface area contributed by atoms with Gasteiger partial charge in [0.2, 0.25) is 0 Å². The van der Waals surface area contributed by atoms with Crippen LogP contribution in [-0.2, 0) is 16.6 Å². The normalized spacial score (nSPS) is 11.1. The van der Waals surface area contributed by atoms with Gasteiger partial charge in [0.1, 0.15) is 10.7 Å². The maximum absolute atomic E-state index is 12.6. The number of furan rings is 1. The molecule has 0 aliphatic carbocycles. The van der Waals surface area contributed by atoms with Crippen molar-refractivity contribution < 1.29 is 17.6 Å². The Bertz CT molecular complexity index is 1020. The molecule has 1 heterocycles. The Morgan fingerprint density at radius 3 is 2.46 bits per heavy atom. The quantitative estimate of drug-likeness (QED) is 0.672. The van der Waals surface area contributed by atoms with Crippen molar-refractivity contribution in [3.05, 3.63) is 83.3 Å². The number of hydrogen-bond donors (Lipinski definition) is 2. The van der Waals surface area contributed by atoms with Crippen LogP contribution in [-0.4, -0.2) is 14.3 Å². The molecular weight excluding hydrogens is 376 g/mol. The van der Waals surface area contributed by atoms with Gasteiger partial charge in [0.15, 0.2) is 0 Å². The van der Waals surface area contributed by atoms with Crippen molar-refractivity contribution >= 4 is 33.2 Å². The van der Waals surface area contributed by atoms with Crippen LogP contribution in [0.2, 0.25) is 5.02 Å². The summed E-state index contributed by atoms with van der Waals surface area (Å²) >= 11 is 5.98. The van der Waals surface area contributed by atoms with Crippen molar-refractivity contribution in [1.82, 2.24) is 5.32 Å². The molecule has 0 saturated heterocycles. The second kappa shape index (κ2) is 7.63. The predicted octanol–water partition coefficient (Wildman–Crippen LogP) is 3.66. The summed E-state index contributed by atoms with van der Waals surface area (Å²) in [7, 11) is -3.94. The molecule has 0 aliphatic rings. The lowest BCUT2D eigenvalue weighted by molar-refractivity contribution is 0.0949. The van der Waals surface area contributed by atoms with Crippen molar-refractivity contribution in [2.24, 2.45) is 0 Å². The van der Waals surface area contributed by atoms with E-state index in [-0.39, 0.29) is 27.7 Å². The third kappa shape index (κ3) is 4.07. The first-order valence-corrected chi connectivity index (χ1v) is 9.50. The topological polar surface area (TPSA) is 88.4 Å². The Morgan fingerprint density at radius 2 is 1.73 bits per heavy atom. The van der Waals surface area contributed by atoms with Gasteiger partial charge in [-0.25, -0.2) is 8.42 Å². The standard InChI is InChI=1S/C18H15ClN2O4S/c19-15-8-2-4-10-17(15)26(23,24)21-16-9-3-1-7-14(16)18(22)20-12-13-6-5-11-25-13/h1-11,21H,12H2,(H,20,22). The highest BCUT2D eigenvalue weighted by molar-refractivity contribution is 7.92. The first-order chi connectivity index (χ1) is 12.5. The van der Waals surface area contributed by atoms with Crippen LogP contribution in [0.5, 0.6) is 0 Å². The van der Waals surface area contributed by atoms with Crippen molar-refractivity contribution in [1.29, 1.82) is 0 Å². The number of hydrogen-bond acceptors (Lipinski definition) is 4. The first kappa shape index (κ1) is 18.0. The molecule has 0 saturated carbocycles. The Hall–Kier alpha value is -2.77. The van der Waals surface area contributed by atoms with Crippen LogP contribution < -0.4 is 10.0 Å². The Morgan fingerprint density at radius 1 is 1.00 bits per heavy atom. The second-order valence-electron chi connectivity index (χ2n) is 5.34. The molecule has 8 heteroatoms. The van der Waals surface area contributed by atoms with Crippen LogP contribution in [0.3, 0.4) is 0 Å². The van der Waals surface area contributed by atoms with E-state index in [1.165, 1.54) is 30.5 Å². The van der Waals surface area contributed by atoms with Gasteiger partial charge in [-0.1, -0.05) is 35.9 Å². The summed E-state index contributed by atoms with van der Waals surface area (Å²) in [5.41, 5.74) is 0.346. The molecule has 0 bridgehead atoms. The molecule has 1 aromatic heterocycles. The zero-order chi connectivity index (χ0) is 18.6. The molecule has 2 aromatic carbocycles. The van der Waals surface area contributed by atoms with Gasteiger partial charge in [0.25, 0.3) is 15.9 Å². The first-order valence-electron chi connectivity index (χ1n) is 7.64. The zero-order valence-electron chi connectivity index (χ0n) is 13.5. The van der Waals surface area contributed by atoms with E-state index in [0.717, 1.165) is 0 Å². The van der Waals surface area contributed by atoms with Crippen LogP contribution >= 0.6 is 11.6 Å². The molecule has 0 aliphatic heterocycles. The number of carbonyl (C=O) groups is 1. The Labute approximate surface area is 155 Å². The number of sulfonamides is 1. The summed E-state index contributed by atoms with van der Waals surface area (Å²) in [6, 6.07) is 15.8. The molecule has 3 aromatic rings. The van der Waals surface area contributed by atoms with Gasteiger partial charge in [0, 0.05) is 0 Å². The minimum atomic E-state index is -3.94. The molecule has 134 valence electrons. The zero-order valence-corrected chi connectivity index (χ0v) is 15.0. The van der Waals surface area contributed by atoms with Gasteiger partial charge in [-0.15, -0.1) is 0 Å². The Balaban J connectivity index is 1.83. The van der Waals surface area contributed by atoms with Gasteiger partial charge < -0.3 is 9.73 Å². The summed E-state index contributed by atoms with van der Waals surface area (Å²) in [4.78, 5) is 12.4. The van der Waals surface area contributed by atoms with Crippen molar-refractivity contribution in [2.75, 3.05) is 4.72 Å². The van der Waals surface area contributed by atoms with E-state index < -0.39 is 15.9 Å². The monoisotopic (exact) mass is 390 g/mol. The van der Waals surface area contributed by atoms with E-state index in [1.54, 1.807) is 36.4 Å². The summed E-state index contributed by atoms with van der Waals surface area (Å²) in [6.45, 7) is 0.192. The van der Waals surface area contributed by atoms with E-state index in [1.807, 2.05) is 0 Å². The van der Waals surface area contributed by atoms with Crippen LogP contribution in [0, 0.1) is 0 Å².